The number of rotatable bonds is 0. The molecule has 0 atom stereocenters. The topological polar surface area (TPSA) is 12.4 Å². The van der Waals surface area contributed by atoms with Crippen molar-refractivity contribution < 1.29 is 0 Å². The summed E-state index contributed by atoms with van der Waals surface area (Å²) >= 11 is 12.3. The lowest BCUT2D eigenvalue weighted by atomic mass is 9.97. The monoisotopic (exact) mass is 253 g/mol. The lowest BCUT2D eigenvalue weighted by molar-refractivity contribution is 0.446. The van der Waals surface area contributed by atoms with Gasteiger partial charge in [-0.1, -0.05) is 42.5 Å². The molecule has 0 bridgehead atoms. The van der Waals surface area contributed by atoms with E-state index in [-0.39, 0.29) is 5.54 Å². The highest BCUT2D eigenvalue weighted by atomic mass is 35.5. The molecule has 0 aliphatic carbocycles. The van der Waals surface area contributed by atoms with E-state index < -0.39 is 4.07 Å². The molecule has 4 heteroatoms. The Hall–Kier alpha value is 0.680. The molecule has 0 radical (unpaired) electrons. The fraction of sp³-hybridized carbons (Fsp3) is 1.00. The molecule has 1 rings (SSSR count). The highest BCUT2D eigenvalue weighted by Crippen LogP contribution is 2.42. The van der Waals surface area contributed by atoms with Gasteiger partial charge in [0.05, 0.1) is 5.54 Å². The van der Waals surface area contributed by atoms with E-state index in [4.69, 9.17) is 23.2 Å². The molecule has 0 saturated heterocycles. The second-order valence-corrected chi connectivity index (χ2v) is 7.77. The van der Waals surface area contributed by atoms with Crippen LogP contribution in [-0.4, -0.2) is 9.61 Å². The van der Waals surface area contributed by atoms with Crippen molar-refractivity contribution in [2.75, 3.05) is 0 Å². The van der Waals surface area contributed by atoms with E-state index in [9.17, 15) is 0 Å². The maximum absolute atomic E-state index is 6.16. The third-order valence-electron chi connectivity index (χ3n) is 2.48. The molecule has 0 spiro atoms. The maximum atomic E-state index is 6.16. The minimum absolute atomic E-state index is 0.0356. The van der Waals surface area contributed by atoms with Gasteiger partial charge in [0.25, 0.3) is 0 Å². The Kier molecular flexibility index (Phi) is 4.68. The van der Waals surface area contributed by atoms with Gasteiger partial charge in [-0.05, 0) is 33.1 Å². The van der Waals surface area contributed by atoms with E-state index in [1.54, 1.807) is 0 Å². The van der Waals surface area contributed by atoms with Gasteiger partial charge in [0.1, 0.15) is 0 Å². The van der Waals surface area contributed by atoms with Crippen LogP contribution in [0.5, 0.6) is 0 Å². The largest absolute Gasteiger partial charge is 0.260 e. The second kappa shape index (κ2) is 5.14. The molecule has 1 heterocycles. The number of hydrogen-bond donors (Lipinski definition) is 0. The number of hydrogen-bond acceptors (Lipinski definition) is 1. The lowest BCUT2D eigenvalue weighted by Crippen LogP contribution is -2.16. The molecular weight excluding hydrogens is 236 g/mol. The molecule has 1 nitrogen and oxygen atoms in total. The molecule has 0 saturated carbocycles. The molecule has 1 aliphatic heterocycles. The van der Waals surface area contributed by atoms with Crippen LogP contribution in [0.3, 0.4) is 0 Å². The van der Waals surface area contributed by atoms with Crippen molar-refractivity contribution in [2.24, 2.45) is 4.74 Å². The maximum Gasteiger partial charge on any atom is 0.175 e. The summed E-state index contributed by atoms with van der Waals surface area (Å²) in [6.45, 7) is 4.32. The Balaban J connectivity index is 2.68. The lowest BCUT2D eigenvalue weighted by Gasteiger charge is -2.23. The predicted molar refractivity (Wildman–Crippen MR) is 65.6 cm³/mol. The fourth-order valence-corrected chi connectivity index (χ4v) is 2.83. The first-order valence-corrected chi connectivity index (χ1v) is 6.84. The predicted octanol–water partition coefficient (Wildman–Crippen LogP) is 5.38. The van der Waals surface area contributed by atoms with Crippen molar-refractivity contribution in [2.45, 2.75) is 62.0 Å². The van der Waals surface area contributed by atoms with Crippen LogP contribution in [0.25, 0.3) is 0 Å². The second-order valence-electron chi connectivity index (χ2n) is 4.59. The summed E-state index contributed by atoms with van der Waals surface area (Å²) in [7, 11) is 0.828. The smallest absolute Gasteiger partial charge is 0.175 e. The van der Waals surface area contributed by atoms with Gasteiger partial charge in [0.2, 0.25) is 0 Å². The summed E-state index contributed by atoms with van der Waals surface area (Å²) in [4.78, 5) is 0. The molecule has 0 fully saturated rings. The number of halogens is 2. The van der Waals surface area contributed by atoms with E-state index >= 15 is 0 Å². The molecule has 0 aromatic carbocycles. The van der Waals surface area contributed by atoms with E-state index in [1.807, 2.05) is 0 Å². The number of nitrogens with zero attached hydrogens (tertiary/aromatic N) is 1. The average molecular weight is 254 g/mol. The van der Waals surface area contributed by atoms with E-state index in [1.165, 1.54) is 19.3 Å². The first-order valence-electron chi connectivity index (χ1n) is 5.23. The quantitative estimate of drug-likeness (QED) is 0.406. The summed E-state index contributed by atoms with van der Waals surface area (Å²) < 4.78 is 3.92. The van der Waals surface area contributed by atoms with Crippen LogP contribution in [0.4, 0.5) is 0 Å². The Labute approximate surface area is 98.4 Å². The van der Waals surface area contributed by atoms with Crippen LogP contribution in [0, 0.1) is 0 Å². The van der Waals surface area contributed by atoms with E-state index in [2.05, 4.69) is 18.6 Å². The standard InChI is InChI=1S/C10H18Cl2NP/c1-9(2)7-5-3-4-6-8-10(11,12)14-13-9/h3-8H2,1-2H3. The SMILES string of the molecule is CC1(C)CCCCCCC(Cl)(Cl)/P=N\1. The van der Waals surface area contributed by atoms with Gasteiger partial charge in [-0.3, -0.25) is 4.74 Å². The van der Waals surface area contributed by atoms with Crippen LogP contribution in [0.15, 0.2) is 4.74 Å². The summed E-state index contributed by atoms with van der Waals surface area (Å²) in [5.74, 6) is 0. The van der Waals surface area contributed by atoms with Crippen molar-refractivity contribution in [3.8, 4) is 0 Å². The highest BCUT2D eigenvalue weighted by molar-refractivity contribution is 7.35. The van der Waals surface area contributed by atoms with E-state index in [0.717, 1.165) is 27.6 Å². The van der Waals surface area contributed by atoms with Gasteiger partial charge in [0, 0.05) is 8.37 Å². The molecule has 0 aromatic rings. The average Bonchev–Trinajstić information content (AvgIpc) is 2.08. The van der Waals surface area contributed by atoms with Gasteiger partial charge in [-0.25, -0.2) is 0 Å². The summed E-state index contributed by atoms with van der Waals surface area (Å²) in [5, 5.41) is 0. The Morgan fingerprint density at radius 2 is 1.57 bits per heavy atom. The van der Waals surface area contributed by atoms with Crippen molar-refractivity contribution in [1.29, 1.82) is 0 Å². The molecule has 0 amide bonds. The fourth-order valence-electron chi connectivity index (χ4n) is 1.56. The van der Waals surface area contributed by atoms with Crippen molar-refractivity contribution >= 4 is 31.6 Å². The first-order chi connectivity index (χ1) is 6.41. The van der Waals surface area contributed by atoms with Crippen molar-refractivity contribution in [1.82, 2.24) is 0 Å². The third kappa shape index (κ3) is 4.96. The van der Waals surface area contributed by atoms with Crippen LogP contribution in [0.1, 0.15) is 52.4 Å². The highest BCUT2D eigenvalue weighted by Gasteiger charge is 2.25. The molecule has 0 N–H and O–H groups in total. The van der Waals surface area contributed by atoms with Crippen LogP contribution in [-0.2, 0) is 0 Å². The molecule has 0 unspecified atom stereocenters. The molecule has 14 heavy (non-hydrogen) atoms. The van der Waals surface area contributed by atoms with Crippen LogP contribution in [0.2, 0.25) is 0 Å². The molecule has 0 aromatic heterocycles. The van der Waals surface area contributed by atoms with Crippen LogP contribution < -0.4 is 0 Å². The van der Waals surface area contributed by atoms with Gasteiger partial charge in [-0.15, -0.1) is 0 Å². The van der Waals surface area contributed by atoms with Gasteiger partial charge in [-0.2, -0.15) is 0 Å². The normalized spacial score (nSPS) is 29.4. The minimum atomic E-state index is -0.658. The Morgan fingerprint density at radius 3 is 2.21 bits per heavy atom. The zero-order chi connectivity index (χ0) is 10.7. The summed E-state index contributed by atoms with van der Waals surface area (Å²) in [6, 6.07) is 0. The minimum Gasteiger partial charge on any atom is -0.260 e. The Bertz CT molecular complexity index is 192. The molecular formula is C10H18Cl2NP. The van der Waals surface area contributed by atoms with Crippen molar-refractivity contribution in [3.63, 3.8) is 0 Å². The zero-order valence-corrected chi connectivity index (χ0v) is 11.3. The van der Waals surface area contributed by atoms with Gasteiger partial charge >= 0.3 is 0 Å². The zero-order valence-electron chi connectivity index (χ0n) is 8.89. The van der Waals surface area contributed by atoms with Gasteiger partial charge < -0.3 is 0 Å². The Morgan fingerprint density at radius 1 is 1.00 bits per heavy atom. The van der Waals surface area contributed by atoms with Gasteiger partial charge in [0.15, 0.2) is 4.07 Å². The summed E-state index contributed by atoms with van der Waals surface area (Å²) in [6.07, 6.45) is 6.91. The van der Waals surface area contributed by atoms with Crippen LogP contribution >= 0.6 is 31.6 Å². The third-order valence-corrected chi connectivity index (χ3v) is 4.47. The first kappa shape index (κ1) is 12.7. The van der Waals surface area contributed by atoms with E-state index in [0.29, 0.717) is 0 Å². The summed E-state index contributed by atoms with van der Waals surface area (Å²) in [5.41, 5.74) is 0.0356. The van der Waals surface area contributed by atoms with Crippen molar-refractivity contribution in [3.05, 3.63) is 0 Å². The molecule has 1 aliphatic rings. The molecule has 82 valence electrons. The number of alkyl halides is 2.